The van der Waals surface area contributed by atoms with E-state index in [1.54, 1.807) is 18.2 Å². The first-order valence-electron chi connectivity index (χ1n) is 8.58. The van der Waals surface area contributed by atoms with Crippen LogP contribution in [0.1, 0.15) is 26.2 Å². The maximum Gasteiger partial charge on any atom is 0.227 e. The number of rotatable bonds is 4. The predicted molar refractivity (Wildman–Crippen MR) is 98.7 cm³/mol. The van der Waals surface area contributed by atoms with Gasteiger partial charge < -0.3 is 20.6 Å². The molecule has 0 saturated carbocycles. The lowest BCUT2D eigenvalue weighted by Crippen LogP contribution is -2.43. The number of benzene rings is 1. The molecule has 5 nitrogen and oxygen atoms in total. The normalized spacial score (nSPS) is 25.2. The molecule has 2 fully saturated rings. The monoisotopic (exact) mass is 353 g/mol. The van der Waals surface area contributed by atoms with Gasteiger partial charge in [0, 0.05) is 19.0 Å². The van der Waals surface area contributed by atoms with Gasteiger partial charge in [-0.2, -0.15) is 0 Å². The molecular formula is C18H28ClN3O2. The number of nitrogens with zero attached hydrogens (tertiary/aromatic N) is 1. The van der Waals surface area contributed by atoms with Gasteiger partial charge in [-0.3, -0.25) is 4.79 Å². The lowest BCUT2D eigenvalue weighted by Gasteiger charge is -2.36. The summed E-state index contributed by atoms with van der Waals surface area (Å²) in [5, 5.41) is 16.1. The average Bonchev–Trinajstić information content (AvgIpc) is 2.96. The van der Waals surface area contributed by atoms with Crippen LogP contribution in [0.5, 0.6) is 5.75 Å². The Hall–Kier alpha value is -1.30. The Kier molecular flexibility index (Phi) is 6.49. The molecule has 1 atom stereocenters. The molecule has 0 spiro atoms. The van der Waals surface area contributed by atoms with Crippen molar-refractivity contribution in [1.82, 2.24) is 10.2 Å². The molecule has 2 aliphatic rings. The number of aromatic hydroxyl groups is 1. The molecular weight excluding hydrogens is 326 g/mol. The summed E-state index contributed by atoms with van der Waals surface area (Å²) in [5.74, 6) is 0.195. The van der Waals surface area contributed by atoms with E-state index < -0.39 is 0 Å². The van der Waals surface area contributed by atoms with Crippen molar-refractivity contribution < 1.29 is 9.90 Å². The first-order chi connectivity index (χ1) is 11.1. The number of hydrogen-bond donors (Lipinski definition) is 3. The third kappa shape index (κ3) is 4.62. The Morgan fingerprint density at radius 1 is 1.38 bits per heavy atom. The van der Waals surface area contributed by atoms with Crippen LogP contribution in [0, 0.1) is 11.3 Å². The summed E-state index contributed by atoms with van der Waals surface area (Å²) < 4.78 is 0. The van der Waals surface area contributed by atoms with Crippen LogP contribution < -0.4 is 10.6 Å². The van der Waals surface area contributed by atoms with Gasteiger partial charge in [-0.05, 0) is 56.4 Å². The molecule has 1 amide bonds. The first-order valence-corrected chi connectivity index (χ1v) is 8.58. The summed E-state index contributed by atoms with van der Waals surface area (Å²) in [6.45, 7) is 7.65. The maximum atomic E-state index is 12.4. The van der Waals surface area contributed by atoms with Crippen molar-refractivity contribution in [2.45, 2.75) is 26.2 Å². The van der Waals surface area contributed by atoms with Gasteiger partial charge in [-0.15, -0.1) is 12.4 Å². The molecule has 0 bridgehead atoms. The summed E-state index contributed by atoms with van der Waals surface area (Å²) in [5.41, 5.74) is 0.884. The number of phenols is 1. The number of anilines is 1. The van der Waals surface area contributed by atoms with Crippen LogP contribution in [0.2, 0.25) is 0 Å². The first kappa shape index (κ1) is 19.0. The fourth-order valence-corrected chi connectivity index (χ4v) is 3.71. The molecule has 0 radical (unpaired) electrons. The topological polar surface area (TPSA) is 64.6 Å². The zero-order valence-corrected chi connectivity index (χ0v) is 15.1. The fourth-order valence-electron chi connectivity index (χ4n) is 3.71. The van der Waals surface area contributed by atoms with E-state index in [0.29, 0.717) is 11.1 Å². The fraction of sp³-hybridized carbons (Fsp3) is 0.611. The third-order valence-electron chi connectivity index (χ3n) is 5.18. The van der Waals surface area contributed by atoms with Crippen LogP contribution in [0.15, 0.2) is 24.3 Å². The quantitative estimate of drug-likeness (QED) is 0.727. The van der Waals surface area contributed by atoms with Crippen LogP contribution in [0.25, 0.3) is 0 Å². The molecule has 6 heteroatoms. The van der Waals surface area contributed by atoms with Gasteiger partial charge in [-0.1, -0.05) is 19.1 Å². The zero-order valence-electron chi connectivity index (χ0n) is 14.3. The van der Waals surface area contributed by atoms with Crippen molar-refractivity contribution in [3.8, 4) is 5.75 Å². The van der Waals surface area contributed by atoms with E-state index >= 15 is 0 Å². The highest BCUT2D eigenvalue weighted by Gasteiger charge is 2.33. The lowest BCUT2D eigenvalue weighted by molar-refractivity contribution is -0.121. The summed E-state index contributed by atoms with van der Waals surface area (Å²) in [6.07, 6.45) is 3.02. The van der Waals surface area contributed by atoms with Crippen molar-refractivity contribution >= 4 is 24.0 Å². The van der Waals surface area contributed by atoms with E-state index in [1.165, 1.54) is 6.42 Å². The van der Waals surface area contributed by atoms with Crippen molar-refractivity contribution in [3.63, 3.8) is 0 Å². The van der Waals surface area contributed by atoms with Gasteiger partial charge in [0.15, 0.2) is 0 Å². The number of halogens is 1. The van der Waals surface area contributed by atoms with Crippen LogP contribution in [0.4, 0.5) is 5.69 Å². The number of amides is 1. The van der Waals surface area contributed by atoms with E-state index in [9.17, 15) is 9.90 Å². The summed E-state index contributed by atoms with van der Waals surface area (Å²) in [4.78, 5) is 14.9. The van der Waals surface area contributed by atoms with Gasteiger partial charge in [0.25, 0.3) is 0 Å². The number of likely N-dealkylation sites (tertiary alicyclic amines) is 1. The number of para-hydroxylation sites is 2. The van der Waals surface area contributed by atoms with Crippen LogP contribution in [0.3, 0.4) is 0 Å². The predicted octanol–water partition coefficient (Wildman–Crippen LogP) is 2.46. The van der Waals surface area contributed by atoms with Crippen LogP contribution in [-0.2, 0) is 4.79 Å². The largest absolute Gasteiger partial charge is 0.506 e. The average molecular weight is 354 g/mol. The molecule has 2 heterocycles. The molecule has 24 heavy (non-hydrogen) atoms. The van der Waals surface area contributed by atoms with E-state index in [2.05, 4.69) is 22.5 Å². The SMILES string of the molecule is CC1(CN2CCC(C(=O)Nc3ccccc3O)CC2)CCNC1.Cl. The number of carbonyl (C=O) groups excluding carboxylic acids is 1. The minimum Gasteiger partial charge on any atom is -0.506 e. The van der Waals surface area contributed by atoms with E-state index in [0.717, 1.165) is 45.6 Å². The minimum absolute atomic E-state index is 0. The Morgan fingerprint density at radius 2 is 2.08 bits per heavy atom. The van der Waals surface area contributed by atoms with Crippen LogP contribution in [-0.4, -0.2) is 48.6 Å². The summed E-state index contributed by atoms with van der Waals surface area (Å²) in [7, 11) is 0. The Bertz CT molecular complexity index is 553. The van der Waals surface area contributed by atoms with Crippen molar-refractivity contribution in [2.24, 2.45) is 11.3 Å². The second kappa shape index (κ2) is 8.19. The Labute approximate surface area is 150 Å². The number of hydrogen-bond acceptors (Lipinski definition) is 4. The van der Waals surface area contributed by atoms with Crippen molar-refractivity contribution in [1.29, 1.82) is 0 Å². The van der Waals surface area contributed by atoms with E-state index in [1.807, 2.05) is 6.07 Å². The standard InChI is InChI=1S/C18H27N3O2.ClH/c1-18(8-9-19-12-18)13-21-10-6-14(7-11-21)17(23)20-15-4-2-3-5-16(15)22;/h2-5,14,19,22H,6-13H2,1H3,(H,20,23);1H. The molecule has 134 valence electrons. The van der Waals surface area contributed by atoms with Crippen molar-refractivity contribution in [3.05, 3.63) is 24.3 Å². The molecule has 2 saturated heterocycles. The van der Waals surface area contributed by atoms with E-state index in [-0.39, 0.29) is 30.0 Å². The second-order valence-corrected chi connectivity index (χ2v) is 7.29. The summed E-state index contributed by atoms with van der Waals surface area (Å²) >= 11 is 0. The van der Waals surface area contributed by atoms with Gasteiger partial charge in [0.2, 0.25) is 5.91 Å². The minimum atomic E-state index is 0. The lowest BCUT2D eigenvalue weighted by atomic mass is 9.87. The number of piperidine rings is 1. The highest BCUT2D eigenvalue weighted by molar-refractivity contribution is 5.93. The number of phenolic OH excluding ortho intramolecular Hbond substituents is 1. The van der Waals surface area contributed by atoms with Gasteiger partial charge in [0.1, 0.15) is 5.75 Å². The molecule has 1 aromatic carbocycles. The molecule has 0 aromatic heterocycles. The van der Waals surface area contributed by atoms with Gasteiger partial charge >= 0.3 is 0 Å². The highest BCUT2D eigenvalue weighted by atomic mass is 35.5. The zero-order chi connectivity index (χ0) is 16.3. The smallest absolute Gasteiger partial charge is 0.227 e. The van der Waals surface area contributed by atoms with Crippen molar-refractivity contribution in [2.75, 3.05) is 38.0 Å². The molecule has 3 rings (SSSR count). The maximum absolute atomic E-state index is 12.4. The molecule has 1 unspecified atom stereocenters. The second-order valence-electron chi connectivity index (χ2n) is 7.29. The number of nitrogens with one attached hydrogen (secondary N) is 2. The van der Waals surface area contributed by atoms with Crippen LogP contribution >= 0.6 is 12.4 Å². The molecule has 1 aromatic rings. The highest BCUT2D eigenvalue weighted by Crippen LogP contribution is 2.29. The van der Waals surface area contributed by atoms with Gasteiger partial charge in [0.05, 0.1) is 5.69 Å². The van der Waals surface area contributed by atoms with E-state index in [4.69, 9.17) is 0 Å². The molecule has 0 aliphatic carbocycles. The number of carbonyl (C=O) groups is 1. The Morgan fingerprint density at radius 3 is 2.71 bits per heavy atom. The third-order valence-corrected chi connectivity index (χ3v) is 5.18. The van der Waals surface area contributed by atoms with Gasteiger partial charge in [-0.25, -0.2) is 0 Å². The Balaban J connectivity index is 0.00000208. The molecule has 2 aliphatic heterocycles. The summed E-state index contributed by atoms with van der Waals surface area (Å²) in [6, 6.07) is 6.89. The molecule has 3 N–H and O–H groups in total.